The van der Waals surface area contributed by atoms with Gasteiger partial charge in [0, 0.05) is 0 Å². The predicted molar refractivity (Wildman–Crippen MR) is 67.2 cm³/mol. The van der Waals surface area contributed by atoms with Crippen LogP contribution in [0.25, 0.3) is 0 Å². The lowest BCUT2D eigenvalue weighted by Crippen LogP contribution is -2.13. The van der Waals surface area contributed by atoms with Crippen molar-refractivity contribution >= 4 is 0 Å². The maximum Gasteiger partial charge on any atom is 0.122 e. The van der Waals surface area contributed by atoms with Gasteiger partial charge in [0.15, 0.2) is 0 Å². The van der Waals surface area contributed by atoms with E-state index in [-0.39, 0.29) is 0 Å². The van der Waals surface area contributed by atoms with E-state index in [0.29, 0.717) is 5.92 Å². The predicted octanol–water partition coefficient (Wildman–Crippen LogP) is 2.86. The maximum absolute atomic E-state index is 5.47. The van der Waals surface area contributed by atoms with Gasteiger partial charge in [-0.2, -0.15) is 0 Å². The van der Waals surface area contributed by atoms with Crippen LogP contribution < -0.4 is 10.1 Å². The summed E-state index contributed by atoms with van der Waals surface area (Å²) in [6, 6.07) is 6.51. The topological polar surface area (TPSA) is 21.3 Å². The van der Waals surface area contributed by atoms with Crippen LogP contribution in [0.2, 0.25) is 0 Å². The minimum Gasteiger partial charge on any atom is -0.496 e. The number of hydrogen-bond acceptors (Lipinski definition) is 2. The molecule has 1 N–H and O–H groups in total. The molecular weight excluding hydrogens is 198 g/mol. The Morgan fingerprint density at radius 3 is 2.94 bits per heavy atom. The van der Waals surface area contributed by atoms with E-state index in [1.54, 1.807) is 7.11 Å². The third-order valence-electron chi connectivity index (χ3n) is 3.40. The fourth-order valence-corrected chi connectivity index (χ4v) is 2.50. The third kappa shape index (κ3) is 2.56. The average molecular weight is 219 g/mol. The highest BCUT2D eigenvalue weighted by molar-refractivity contribution is 5.39. The largest absolute Gasteiger partial charge is 0.496 e. The molecule has 88 valence electrons. The van der Waals surface area contributed by atoms with Gasteiger partial charge >= 0.3 is 0 Å². The molecule has 0 spiro atoms. The lowest BCUT2D eigenvalue weighted by atomic mass is 9.90. The number of nitrogens with one attached hydrogen (secondary N) is 1. The number of aryl methyl sites for hydroxylation is 1. The van der Waals surface area contributed by atoms with Gasteiger partial charge in [0.1, 0.15) is 5.75 Å². The van der Waals surface area contributed by atoms with Gasteiger partial charge in [0.25, 0.3) is 0 Å². The highest BCUT2D eigenvalue weighted by Crippen LogP contribution is 2.33. The number of methoxy groups -OCH3 is 1. The molecule has 1 aromatic carbocycles. The quantitative estimate of drug-likeness (QED) is 0.826. The van der Waals surface area contributed by atoms with Crippen LogP contribution in [0.1, 0.15) is 36.3 Å². The first-order valence-corrected chi connectivity index (χ1v) is 6.16. The van der Waals surface area contributed by atoms with Gasteiger partial charge in [-0.1, -0.05) is 17.7 Å². The van der Waals surface area contributed by atoms with Crippen LogP contribution in [0.3, 0.4) is 0 Å². The second-order valence-corrected chi connectivity index (χ2v) is 4.62. The van der Waals surface area contributed by atoms with Gasteiger partial charge in [-0.25, -0.2) is 0 Å². The molecule has 1 fully saturated rings. The van der Waals surface area contributed by atoms with E-state index in [9.17, 15) is 0 Å². The van der Waals surface area contributed by atoms with Crippen molar-refractivity contribution in [3.63, 3.8) is 0 Å². The summed E-state index contributed by atoms with van der Waals surface area (Å²) in [5.41, 5.74) is 2.72. The van der Waals surface area contributed by atoms with Crippen molar-refractivity contribution in [1.29, 1.82) is 0 Å². The average Bonchev–Trinajstić information content (AvgIpc) is 2.57. The molecule has 1 atom stereocenters. The van der Waals surface area contributed by atoms with Gasteiger partial charge in [-0.3, -0.25) is 0 Å². The fourth-order valence-electron chi connectivity index (χ4n) is 2.50. The van der Waals surface area contributed by atoms with E-state index in [1.807, 2.05) is 0 Å². The summed E-state index contributed by atoms with van der Waals surface area (Å²) in [7, 11) is 1.77. The minimum absolute atomic E-state index is 0.657. The fraction of sp³-hybridized carbons (Fsp3) is 0.571. The van der Waals surface area contributed by atoms with E-state index in [1.165, 1.54) is 30.4 Å². The van der Waals surface area contributed by atoms with Gasteiger partial charge < -0.3 is 10.1 Å². The summed E-state index contributed by atoms with van der Waals surface area (Å²) in [4.78, 5) is 0. The number of hydrogen-bond donors (Lipinski definition) is 1. The van der Waals surface area contributed by atoms with E-state index >= 15 is 0 Å². The van der Waals surface area contributed by atoms with Crippen LogP contribution >= 0.6 is 0 Å². The number of benzene rings is 1. The molecule has 2 nitrogen and oxygen atoms in total. The van der Waals surface area contributed by atoms with Crippen molar-refractivity contribution in [2.75, 3.05) is 20.2 Å². The van der Waals surface area contributed by atoms with Crippen LogP contribution in [-0.2, 0) is 0 Å². The molecule has 1 saturated heterocycles. The molecule has 1 aromatic rings. The van der Waals surface area contributed by atoms with Gasteiger partial charge in [-0.15, -0.1) is 0 Å². The standard InChI is InChI=1S/C14H21NO/c1-11-5-6-14(16-2)13(10-11)12-4-3-8-15-9-7-12/h5-6,10,12,15H,3-4,7-9H2,1-2H3. The zero-order chi connectivity index (χ0) is 11.4. The first-order valence-electron chi connectivity index (χ1n) is 6.16. The summed E-state index contributed by atoms with van der Waals surface area (Å²) in [6.07, 6.45) is 3.76. The van der Waals surface area contributed by atoms with Crippen molar-refractivity contribution in [2.45, 2.75) is 32.1 Å². The molecule has 2 rings (SSSR count). The Bertz CT molecular complexity index is 341. The van der Waals surface area contributed by atoms with Crippen molar-refractivity contribution < 1.29 is 4.74 Å². The zero-order valence-corrected chi connectivity index (χ0v) is 10.3. The molecule has 0 aromatic heterocycles. The SMILES string of the molecule is COc1ccc(C)cc1C1CCCNCC1. The van der Waals surface area contributed by atoms with E-state index < -0.39 is 0 Å². The molecule has 0 radical (unpaired) electrons. The summed E-state index contributed by atoms with van der Waals surface area (Å²) in [5.74, 6) is 1.71. The second-order valence-electron chi connectivity index (χ2n) is 4.62. The van der Waals surface area contributed by atoms with Crippen LogP contribution in [0.15, 0.2) is 18.2 Å². The van der Waals surface area contributed by atoms with Crippen molar-refractivity contribution in [3.05, 3.63) is 29.3 Å². The Balaban J connectivity index is 2.25. The van der Waals surface area contributed by atoms with E-state index in [4.69, 9.17) is 4.74 Å². The molecule has 0 aliphatic carbocycles. The smallest absolute Gasteiger partial charge is 0.122 e. The Hall–Kier alpha value is -1.02. The Morgan fingerprint density at radius 1 is 1.25 bits per heavy atom. The number of ether oxygens (including phenoxy) is 1. The summed E-state index contributed by atoms with van der Waals surface area (Å²) < 4.78 is 5.47. The van der Waals surface area contributed by atoms with Gasteiger partial charge in [0.05, 0.1) is 7.11 Å². The molecule has 2 heteroatoms. The normalized spacial score (nSPS) is 21.5. The molecule has 0 bridgehead atoms. The molecule has 0 amide bonds. The number of rotatable bonds is 2. The van der Waals surface area contributed by atoms with E-state index in [2.05, 4.69) is 30.4 Å². The molecule has 16 heavy (non-hydrogen) atoms. The second kappa shape index (κ2) is 5.35. The molecule has 1 aliphatic heterocycles. The first kappa shape index (κ1) is 11.5. The summed E-state index contributed by atoms with van der Waals surface area (Å²) in [5, 5.41) is 3.46. The maximum atomic E-state index is 5.47. The Labute approximate surface area is 98.0 Å². The van der Waals surface area contributed by atoms with Gasteiger partial charge in [0.2, 0.25) is 0 Å². The van der Waals surface area contributed by atoms with Crippen molar-refractivity contribution in [1.82, 2.24) is 5.32 Å². The Kier molecular flexibility index (Phi) is 3.83. The van der Waals surface area contributed by atoms with Crippen LogP contribution in [0, 0.1) is 6.92 Å². The lowest BCUT2D eigenvalue weighted by molar-refractivity contribution is 0.402. The highest BCUT2D eigenvalue weighted by Gasteiger charge is 2.17. The Morgan fingerprint density at radius 2 is 2.12 bits per heavy atom. The van der Waals surface area contributed by atoms with Crippen LogP contribution in [0.5, 0.6) is 5.75 Å². The van der Waals surface area contributed by atoms with Gasteiger partial charge in [-0.05, 0) is 56.8 Å². The zero-order valence-electron chi connectivity index (χ0n) is 10.3. The molecule has 0 saturated carbocycles. The molecular formula is C14H21NO. The first-order chi connectivity index (χ1) is 7.81. The van der Waals surface area contributed by atoms with Crippen molar-refractivity contribution in [3.8, 4) is 5.75 Å². The highest BCUT2D eigenvalue weighted by atomic mass is 16.5. The van der Waals surface area contributed by atoms with E-state index in [0.717, 1.165) is 18.8 Å². The lowest BCUT2D eigenvalue weighted by Gasteiger charge is -2.18. The molecule has 1 aliphatic rings. The molecule has 1 unspecified atom stereocenters. The van der Waals surface area contributed by atoms with Crippen LogP contribution in [0.4, 0.5) is 0 Å². The van der Waals surface area contributed by atoms with Crippen molar-refractivity contribution in [2.24, 2.45) is 0 Å². The summed E-state index contributed by atoms with van der Waals surface area (Å²) >= 11 is 0. The summed E-state index contributed by atoms with van der Waals surface area (Å²) in [6.45, 7) is 4.43. The molecule has 1 heterocycles. The third-order valence-corrected chi connectivity index (χ3v) is 3.40. The van der Waals surface area contributed by atoms with Crippen LogP contribution in [-0.4, -0.2) is 20.2 Å². The minimum atomic E-state index is 0.657. The monoisotopic (exact) mass is 219 g/mol.